The number of fused-ring (bicyclic) bond motifs is 5. The molecule has 0 radical (unpaired) electrons. The zero-order valence-electron chi connectivity index (χ0n) is 33.1. The van der Waals surface area contributed by atoms with Crippen LogP contribution in [0.15, 0.2) is 84.9 Å². The number of ether oxygens (including phenoxy) is 2. The van der Waals surface area contributed by atoms with E-state index >= 15 is 0 Å². The van der Waals surface area contributed by atoms with E-state index < -0.39 is 54.3 Å². The number of nitrogens with one attached hydrogen (secondary N) is 3. The zero-order valence-corrected chi connectivity index (χ0v) is 33.1. The molecule has 3 atom stereocenters. The maximum absolute atomic E-state index is 14.2. The maximum Gasteiger partial charge on any atom is 0.326 e. The Hall–Kier alpha value is -6.25. The molecule has 4 bridgehead atoms. The lowest BCUT2D eigenvalue weighted by molar-refractivity contribution is -0.142. The molecule has 0 saturated carbocycles. The number of rotatable bonds is 15. The molecule has 1 aliphatic rings. The number of likely N-dealkylation sites (N-methyl/N-ethyl adjacent to an activating group) is 1. The average molecular weight is 793 g/mol. The van der Waals surface area contributed by atoms with Crippen molar-refractivity contribution < 1.29 is 38.6 Å². The van der Waals surface area contributed by atoms with Crippen molar-refractivity contribution in [1.82, 2.24) is 20.9 Å². The second-order valence-electron chi connectivity index (χ2n) is 14.2. The standard InChI is InChI=1S/C44H52N6O8/c1-4-5-7-28-10-13-30(14-11-28)31-8-6-9-33(24-31)42(53)47-26-39(51)50(3)40-32-15-17-38(58-21-19-46)35(25-32)34-22-29(12-16-37(34)57-20-18-45)23-36(44(55)56)49-41(52)27(2)48-43(40)54/h6,8-17,22,24-25,27,36,40H,4-5,7,18-21,23,26,45-46H2,1-3H3,(H,47,53)(H,48,54)(H,49,52)(H,55,56)/t27-,36?,40?/m0/s1. The summed E-state index contributed by atoms with van der Waals surface area (Å²) in [6.07, 6.45) is 3.14. The van der Waals surface area contributed by atoms with Crippen LogP contribution in [0, 0.1) is 0 Å². The van der Waals surface area contributed by atoms with Crippen LogP contribution < -0.4 is 36.9 Å². The van der Waals surface area contributed by atoms with Gasteiger partial charge >= 0.3 is 5.97 Å². The highest BCUT2D eigenvalue weighted by Crippen LogP contribution is 2.40. The molecule has 4 amide bonds. The van der Waals surface area contributed by atoms with Gasteiger partial charge in [0.25, 0.3) is 5.91 Å². The van der Waals surface area contributed by atoms with Gasteiger partial charge in [-0.3, -0.25) is 19.2 Å². The number of amides is 4. The molecule has 8 N–H and O–H groups in total. The molecule has 4 aromatic rings. The number of aryl methyl sites for hydroxylation is 1. The van der Waals surface area contributed by atoms with Crippen LogP contribution in [0.2, 0.25) is 0 Å². The summed E-state index contributed by atoms with van der Waals surface area (Å²) in [5.41, 5.74) is 16.8. The van der Waals surface area contributed by atoms with E-state index in [2.05, 4.69) is 35.0 Å². The van der Waals surface area contributed by atoms with E-state index in [-0.39, 0.29) is 32.7 Å². The van der Waals surface area contributed by atoms with Gasteiger partial charge in [0.15, 0.2) is 0 Å². The van der Waals surface area contributed by atoms with Gasteiger partial charge in [-0.05, 0) is 84.0 Å². The maximum atomic E-state index is 14.2. The molecule has 306 valence electrons. The largest absolute Gasteiger partial charge is 0.492 e. The van der Waals surface area contributed by atoms with Crippen molar-refractivity contribution in [3.05, 3.63) is 107 Å². The molecule has 0 aromatic heterocycles. The molecule has 1 aliphatic heterocycles. The van der Waals surface area contributed by atoms with E-state index in [0.717, 1.165) is 30.4 Å². The second-order valence-corrected chi connectivity index (χ2v) is 14.2. The number of aliphatic carboxylic acids is 1. The lowest BCUT2D eigenvalue weighted by Crippen LogP contribution is -2.53. The third-order valence-electron chi connectivity index (χ3n) is 9.87. The summed E-state index contributed by atoms with van der Waals surface area (Å²) in [6, 6.07) is 21.6. The van der Waals surface area contributed by atoms with E-state index in [9.17, 15) is 29.1 Å². The molecule has 0 spiro atoms. The molecule has 0 fully saturated rings. The Balaban J connectivity index is 1.48. The van der Waals surface area contributed by atoms with Crippen LogP contribution in [0.1, 0.15) is 59.8 Å². The molecule has 0 saturated heterocycles. The van der Waals surface area contributed by atoms with Gasteiger partial charge < -0.3 is 46.9 Å². The van der Waals surface area contributed by atoms with Crippen LogP contribution in [0.3, 0.4) is 0 Å². The van der Waals surface area contributed by atoms with Gasteiger partial charge in [0.05, 0.1) is 6.54 Å². The fraction of sp³-hybridized carbons (Fsp3) is 0.341. The van der Waals surface area contributed by atoms with Crippen LogP contribution in [0.25, 0.3) is 22.3 Å². The number of nitrogens with zero attached hydrogens (tertiary/aromatic N) is 1. The third-order valence-corrected chi connectivity index (χ3v) is 9.87. The summed E-state index contributed by atoms with van der Waals surface area (Å²) in [4.78, 5) is 68.3. The van der Waals surface area contributed by atoms with Gasteiger partial charge in [0, 0.05) is 43.2 Å². The lowest BCUT2D eigenvalue weighted by atomic mass is 9.93. The molecule has 4 aromatic carbocycles. The van der Waals surface area contributed by atoms with Gasteiger partial charge in [-0.25, -0.2) is 4.79 Å². The van der Waals surface area contributed by atoms with E-state index in [1.54, 1.807) is 54.6 Å². The highest BCUT2D eigenvalue weighted by atomic mass is 16.5. The summed E-state index contributed by atoms with van der Waals surface area (Å²) in [5.74, 6) is -3.02. The minimum absolute atomic E-state index is 0.0767. The van der Waals surface area contributed by atoms with Gasteiger partial charge in [0.1, 0.15) is 42.8 Å². The van der Waals surface area contributed by atoms with Gasteiger partial charge in [-0.2, -0.15) is 0 Å². The molecular formula is C44H52N6O8. The fourth-order valence-electron chi connectivity index (χ4n) is 6.68. The topological polar surface area (TPSA) is 215 Å². The van der Waals surface area contributed by atoms with Crippen LogP contribution in [-0.2, 0) is 32.0 Å². The number of benzene rings is 4. The fourth-order valence-corrected chi connectivity index (χ4v) is 6.68. The van der Waals surface area contributed by atoms with Crippen LogP contribution in [-0.4, -0.2) is 91.6 Å². The number of carboxylic acids is 1. The first-order valence-electron chi connectivity index (χ1n) is 19.4. The zero-order chi connectivity index (χ0) is 41.8. The summed E-state index contributed by atoms with van der Waals surface area (Å²) >= 11 is 0. The predicted octanol–water partition coefficient (Wildman–Crippen LogP) is 3.60. The Kier molecular flexibility index (Phi) is 15.0. The highest BCUT2D eigenvalue weighted by Gasteiger charge is 2.33. The monoisotopic (exact) mass is 792 g/mol. The Labute approximate surface area is 338 Å². The second kappa shape index (κ2) is 20.3. The molecule has 2 unspecified atom stereocenters. The van der Waals surface area contributed by atoms with Crippen LogP contribution >= 0.6 is 0 Å². The highest BCUT2D eigenvalue weighted by molar-refractivity contribution is 5.99. The summed E-state index contributed by atoms with van der Waals surface area (Å²) in [7, 11) is 1.42. The van der Waals surface area contributed by atoms with Crippen molar-refractivity contribution >= 4 is 29.6 Å². The van der Waals surface area contributed by atoms with E-state index in [0.29, 0.717) is 39.3 Å². The number of carbonyl (C=O) groups excluding carboxylic acids is 4. The molecule has 1 heterocycles. The average Bonchev–Trinajstić information content (AvgIpc) is 3.23. The predicted molar refractivity (Wildman–Crippen MR) is 220 cm³/mol. The molecule has 0 aliphatic carbocycles. The first-order valence-corrected chi connectivity index (χ1v) is 19.4. The number of carbonyl (C=O) groups is 5. The van der Waals surface area contributed by atoms with Gasteiger partial charge in [0.2, 0.25) is 17.7 Å². The van der Waals surface area contributed by atoms with E-state index in [4.69, 9.17) is 20.9 Å². The third kappa shape index (κ3) is 10.8. The Morgan fingerprint density at radius 2 is 1.52 bits per heavy atom. The minimum Gasteiger partial charge on any atom is -0.492 e. The number of carboxylic acid groups (broad SMARTS) is 1. The molecular weight excluding hydrogens is 741 g/mol. The smallest absolute Gasteiger partial charge is 0.326 e. The van der Waals surface area contributed by atoms with Gasteiger partial charge in [-0.1, -0.05) is 61.9 Å². The number of hydrogen-bond acceptors (Lipinski definition) is 9. The van der Waals surface area contributed by atoms with Crippen molar-refractivity contribution in [1.29, 1.82) is 0 Å². The van der Waals surface area contributed by atoms with Crippen molar-refractivity contribution in [3.63, 3.8) is 0 Å². The Morgan fingerprint density at radius 3 is 2.17 bits per heavy atom. The number of unbranched alkanes of at least 4 members (excludes halogenated alkanes) is 1. The molecule has 14 nitrogen and oxygen atoms in total. The quantitative estimate of drug-likeness (QED) is 0.103. The molecule has 14 heteroatoms. The van der Waals surface area contributed by atoms with Crippen molar-refractivity contribution in [2.75, 3.05) is 39.9 Å². The van der Waals surface area contributed by atoms with Crippen molar-refractivity contribution in [2.45, 2.75) is 57.7 Å². The van der Waals surface area contributed by atoms with Crippen molar-refractivity contribution in [2.24, 2.45) is 11.5 Å². The van der Waals surface area contributed by atoms with E-state index in [1.165, 1.54) is 24.4 Å². The van der Waals surface area contributed by atoms with Crippen LogP contribution in [0.5, 0.6) is 11.5 Å². The lowest BCUT2D eigenvalue weighted by Gasteiger charge is -2.30. The van der Waals surface area contributed by atoms with Gasteiger partial charge in [-0.15, -0.1) is 0 Å². The van der Waals surface area contributed by atoms with Crippen molar-refractivity contribution in [3.8, 4) is 33.8 Å². The SMILES string of the molecule is CCCCc1ccc(-c2cccc(C(=O)NCC(=O)N(C)C3C(=O)N[C@@H](C)C(=O)NC(C(=O)O)Cc4ccc(OCCN)c(c4)-c4cc3ccc4OCCN)c2)cc1. The normalized spacial score (nSPS) is 16.6. The first kappa shape index (κ1) is 42.9. The summed E-state index contributed by atoms with van der Waals surface area (Å²) < 4.78 is 12.0. The number of nitrogens with two attached hydrogens (primary N) is 2. The Bertz CT molecular complexity index is 2110. The number of hydrogen-bond donors (Lipinski definition) is 6. The Morgan fingerprint density at radius 1 is 0.845 bits per heavy atom. The summed E-state index contributed by atoms with van der Waals surface area (Å²) in [6.45, 7) is 3.88. The summed E-state index contributed by atoms with van der Waals surface area (Å²) in [5, 5.41) is 17.9. The van der Waals surface area contributed by atoms with Crippen LogP contribution in [0.4, 0.5) is 0 Å². The molecule has 5 rings (SSSR count). The van der Waals surface area contributed by atoms with E-state index in [1.807, 2.05) is 18.2 Å². The minimum atomic E-state index is -1.33. The molecule has 58 heavy (non-hydrogen) atoms. The first-order chi connectivity index (χ1) is 27.9.